The Hall–Kier alpha value is -0.0800. The zero-order valence-electron chi connectivity index (χ0n) is 11.6. The Balaban J connectivity index is 3.06. The van der Waals surface area contributed by atoms with Crippen LogP contribution in [-0.2, 0) is 0 Å². The highest BCUT2D eigenvalue weighted by Crippen LogP contribution is 2.02. The van der Waals surface area contributed by atoms with Gasteiger partial charge in [-0.3, -0.25) is 10.9 Å². The van der Waals surface area contributed by atoms with E-state index in [2.05, 4.69) is 31.6 Å². The molecule has 0 radical (unpaired) electrons. The van der Waals surface area contributed by atoms with Gasteiger partial charge < -0.3 is 0 Å². The molecule has 0 heterocycles. The second-order valence-corrected chi connectivity index (χ2v) is 4.88. The van der Waals surface area contributed by atoms with Crippen LogP contribution in [0.4, 0.5) is 0 Å². The van der Waals surface area contributed by atoms with Crippen LogP contribution >= 0.6 is 0 Å². The summed E-state index contributed by atoms with van der Waals surface area (Å²) >= 11 is 0. The van der Waals surface area contributed by atoms with Gasteiger partial charge in [-0.05, 0) is 19.8 Å². The Morgan fingerprint density at radius 2 is 1.44 bits per heavy atom. The van der Waals surface area contributed by atoms with Crippen LogP contribution < -0.4 is 10.9 Å². The lowest BCUT2D eigenvalue weighted by Gasteiger charge is -2.14. The molecule has 1 atom stereocenters. The van der Waals surface area contributed by atoms with Crippen molar-refractivity contribution in [3.63, 3.8) is 0 Å². The lowest BCUT2D eigenvalue weighted by atomic mass is 10.1. The number of nitrogens with one attached hydrogen (secondary N) is 2. The van der Waals surface area contributed by atoms with E-state index in [1.165, 1.54) is 57.8 Å². The van der Waals surface area contributed by atoms with Crippen molar-refractivity contribution < 1.29 is 0 Å². The third kappa shape index (κ3) is 12.0. The normalized spacial score (nSPS) is 12.9. The van der Waals surface area contributed by atoms with Crippen LogP contribution in [0.15, 0.2) is 0 Å². The molecule has 0 saturated heterocycles. The summed E-state index contributed by atoms with van der Waals surface area (Å²) in [7, 11) is 0. The highest BCUT2D eigenvalue weighted by Gasteiger charge is 1.99. The summed E-state index contributed by atoms with van der Waals surface area (Å²) in [6.45, 7) is 7.89. The molecule has 0 fully saturated rings. The Morgan fingerprint density at radius 3 is 2.12 bits per heavy atom. The smallest absolute Gasteiger partial charge is 0.0184 e. The van der Waals surface area contributed by atoms with Crippen molar-refractivity contribution in [2.24, 2.45) is 0 Å². The topological polar surface area (TPSA) is 24.1 Å². The Labute approximate surface area is 103 Å². The van der Waals surface area contributed by atoms with Crippen LogP contribution in [0.2, 0.25) is 0 Å². The van der Waals surface area contributed by atoms with E-state index in [9.17, 15) is 0 Å². The van der Waals surface area contributed by atoms with Gasteiger partial charge in [0.05, 0.1) is 0 Å². The molecule has 0 aliphatic carbocycles. The highest BCUT2D eigenvalue weighted by atomic mass is 15.4. The Bertz CT molecular complexity index is 126. The Kier molecular flexibility index (Phi) is 12.9. The van der Waals surface area contributed by atoms with E-state index in [4.69, 9.17) is 0 Å². The number of rotatable bonds is 12. The fraction of sp³-hybridized carbons (Fsp3) is 1.00. The summed E-state index contributed by atoms with van der Waals surface area (Å²) in [5, 5.41) is 0. The average molecular weight is 228 g/mol. The summed E-state index contributed by atoms with van der Waals surface area (Å²) in [6.07, 6.45) is 12.1. The quantitative estimate of drug-likeness (QED) is 0.389. The van der Waals surface area contributed by atoms with Gasteiger partial charge in [-0.1, -0.05) is 58.8 Å². The van der Waals surface area contributed by atoms with Crippen LogP contribution in [0.3, 0.4) is 0 Å². The molecule has 98 valence electrons. The second-order valence-electron chi connectivity index (χ2n) is 4.88. The maximum absolute atomic E-state index is 3.38. The molecule has 0 aromatic rings. The molecule has 0 aliphatic heterocycles. The third-order valence-corrected chi connectivity index (χ3v) is 2.99. The first-order valence-corrected chi connectivity index (χ1v) is 7.29. The van der Waals surface area contributed by atoms with E-state index in [1.807, 2.05) is 0 Å². The maximum Gasteiger partial charge on any atom is 0.0184 e. The first-order chi connectivity index (χ1) is 7.81. The Morgan fingerprint density at radius 1 is 0.812 bits per heavy atom. The van der Waals surface area contributed by atoms with E-state index < -0.39 is 0 Å². The minimum Gasteiger partial charge on any atom is -0.258 e. The zero-order valence-corrected chi connectivity index (χ0v) is 11.6. The number of hydrazine groups is 1. The average Bonchev–Trinajstić information content (AvgIpc) is 2.28. The summed E-state index contributed by atoms with van der Waals surface area (Å²) in [6, 6.07) is 0.613. The zero-order chi connectivity index (χ0) is 12.1. The van der Waals surface area contributed by atoms with E-state index >= 15 is 0 Å². The monoisotopic (exact) mass is 228 g/mol. The lowest BCUT2D eigenvalue weighted by molar-refractivity contribution is 0.410. The van der Waals surface area contributed by atoms with Crippen molar-refractivity contribution in [3.05, 3.63) is 0 Å². The number of unbranched alkanes of at least 4 members (excludes halogenated alkanes) is 6. The van der Waals surface area contributed by atoms with E-state index in [1.54, 1.807) is 0 Å². The van der Waals surface area contributed by atoms with Crippen molar-refractivity contribution >= 4 is 0 Å². The summed E-state index contributed by atoms with van der Waals surface area (Å²) < 4.78 is 0. The highest BCUT2D eigenvalue weighted by molar-refractivity contribution is 4.57. The molecule has 2 N–H and O–H groups in total. The molecule has 0 amide bonds. The molecule has 0 bridgehead atoms. The van der Waals surface area contributed by atoms with Gasteiger partial charge in [0.1, 0.15) is 0 Å². The molecular weight excluding hydrogens is 196 g/mol. The summed E-state index contributed by atoms with van der Waals surface area (Å²) in [5.41, 5.74) is 6.72. The molecule has 0 aliphatic rings. The van der Waals surface area contributed by atoms with Crippen molar-refractivity contribution in [3.8, 4) is 0 Å². The number of hydrogen-bond donors (Lipinski definition) is 2. The molecule has 0 aromatic carbocycles. The molecule has 0 saturated carbocycles. The molecular formula is C14H32N2. The molecule has 16 heavy (non-hydrogen) atoms. The number of hydrogen-bond acceptors (Lipinski definition) is 2. The van der Waals surface area contributed by atoms with Gasteiger partial charge in [-0.25, -0.2) is 0 Å². The van der Waals surface area contributed by atoms with Crippen LogP contribution in [0, 0.1) is 0 Å². The molecule has 2 heteroatoms. The van der Waals surface area contributed by atoms with Crippen molar-refractivity contribution in [2.75, 3.05) is 6.54 Å². The van der Waals surface area contributed by atoms with E-state index in [-0.39, 0.29) is 0 Å². The molecule has 1 unspecified atom stereocenters. The fourth-order valence-electron chi connectivity index (χ4n) is 1.84. The standard InChI is InChI=1S/C14H32N2/c1-4-6-8-9-11-13-15-16-14(3)12-10-7-5-2/h14-16H,4-13H2,1-3H3. The lowest BCUT2D eigenvalue weighted by Crippen LogP contribution is -2.39. The van der Waals surface area contributed by atoms with Crippen LogP contribution in [0.25, 0.3) is 0 Å². The van der Waals surface area contributed by atoms with Crippen molar-refractivity contribution in [2.45, 2.75) is 84.6 Å². The SMILES string of the molecule is CCCCCCCNNC(C)CCCCC. The predicted molar refractivity (Wildman–Crippen MR) is 73.5 cm³/mol. The summed E-state index contributed by atoms with van der Waals surface area (Å²) in [4.78, 5) is 0. The predicted octanol–water partition coefficient (Wildman–Crippen LogP) is 4.02. The van der Waals surface area contributed by atoms with Gasteiger partial charge in [0.2, 0.25) is 0 Å². The van der Waals surface area contributed by atoms with Gasteiger partial charge in [-0.2, -0.15) is 0 Å². The van der Waals surface area contributed by atoms with Gasteiger partial charge in [0, 0.05) is 12.6 Å². The van der Waals surface area contributed by atoms with E-state index in [0.29, 0.717) is 6.04 Å². The van der Waals surface area contributed by atoms with Gasteiger partial charge in [-0.15, -0.1) is 0 Å². The second kappa shape index (κ2) is 13.0. The van der Waals surface area contributed by atoms with Crippen LogP contribution in [0.1, 0.15) is 78.6 Å². The fourth-order valence-corrected chi connectivity index (χ4v) is 1.84. The minimum atomic E-state index is 0.613. The third-order valence-electron chi connectivity index (χ3n) is 2.99. The van der Waals surface area contributed by atoms with E-state index in [0.717, 1.165) is 6.54 Å². The molecule has 0 aromatic heterocycles. The minimum absolute atomic E-state index is 0.613. The van der Waals surface area contributed by atoms with Gasteiger partial charge in [0.25, 0.3) is 0 Å². The molecule has 0 spiro atoms. The first kappa shape index (κ1) is 15.9. The largest absolute Gasteiger partial charge is 0.258 e. The van der Waals surface area contributed by atoms with Gasteiger partial charge in [0.15, 0.2) is 0 Å². The molecule has 0 rings (SSSR count). The van der Waals surface area contributed by atoms with Crippen LogP contribution in [-0.4, -0.2) is 12.6 Å². The molecule has 2 nitrogen and oxygen atoms in total. The first-order valence-electron chi connectivity index (χ1n) is 7.29. The van der Waals surface area contributed by atoms with Crippen LogP contribution in [0.5, 0.6) is 0 Å². The van der Waals surface area contributed by atoms with Gasteiger partial charge >= 0.3 is 0 Å². The maximum atomic E-state index is 3.38. The van der Waals surface area contributed by atoms with Crippen molar-refractivity contribution in [1.82, 2.24) is 10.9 Å². The van der Waals surface area contributed by atoms with Crippen molar-refractivity contribution in [1.29, 1.82) is 0 Å². The summed E-state index contributed by atoms with van der Waals surface area (Å²) in [5.74, 6) is 0.